The zero-order valence-corrected chi connectivity index (χ0v) is 15.5. The topological polar surface area (TPSA) is 57.0 Å². The zero-order valence-electron chi connectivity index (χ0n) is 15.5. The van der Waals surface area contributed by atoms with Crippen LogP contribution in [0, 0.1) is 0 Å². The van der Waals surface area contributed by atoms with E-state index >= 15 is 0 Å². The van der Waals surface area contributed by atoms with Crippen molar-refractivity contribution < 1.29 is 14.2 Å². The first kappa shape index (κ1) is 19.2. The van der Waals surface area contributed by atoms with Gasteiger partial charge < -0.3 is 19.9 Å². The van der Waals surface area contributed by atoms with Crippen LogP contribution in [-0.2, 0) is 22.4 Å². The van der Waals surface area contributed by atoms with Crippen molar-refractivity contribution in [2.75, 3.05) is 33.6 Å². The first-order chi connectivity index (χ1) is 12.1. The van der Waals surface area contributed by atoms with Gasteiger partial charge >= 0.3 is 0 Å². The number of ether oxygens (including phenoxy) is 3. The van der Waals surface area contributed by atoms with Gasteiger partial charge in [-0.15, -0.1) is 0 Å². The summed E-state index contributed by atoms with van der Waals surface area (Å²) in [4.78, 5) is 2.16. The lowest BCUT2D eigenvalue weighted by Gasteiger charge is -2.41. The van der Waals surface area contributed by atoms with Crippen molar-refractivity contribution in [1.29, 1.82) is 0 Å². The van der Waals surface area contributed by atoms with Gasteiger partial charge in [0, 0.05) is 45.0 Å². The Kier molecular flexibility index (Phi) is 6.82. The van der Waals surface area contributed by atoms with E-state index in [9.17, 15) is 0 Å². The van der Waals surface area contributed by atoms with Gasteiger partial charge in [-0.1, -0.05) is 37.3 Å². The van der Waals surface area contributed by atoms with E-state index in [4.69, 9.17) is 19.9 Å². The molecule has 5 nitrogen and oxygen atoms in total. The molecule has 0 aliphatic heterocycles. The molecule has 0 bridgehead atoms. The van der Waals surface area contributed by atoms with Crippen molar-refractivity contribution in [2.45, 2.75) is 25.8 Å². The van der Waals surface area contributed by atoms with Crippen LogP contribution in [0.4, 0.5) is 5.69 Å². The van der Waals surface area contributed by atoms with Crippen LogP contribution in [-0.4, -0.2) is 38.7 Å². The highest BCUT2D eigenvalue weighted by Crippen LogP contribution is 2.29. The number of methoxy groups -OCH3 is 3. The normalized spacial score (nSPS) is 11.7. The average molecular weight is 344 g/mol. The molecule has 0 amide bonds. The molecule has 2 rings (SSSR count). The molecule has 5 heteroatoms. The number of anilines is 1. The number of hydrogen-bond acceptors (Lipinski definition) is 5. The lowest BCUT2D eigenvalue weighted by Crippen LogP contribution is -2.53. The van der Waals surface area contributed by atoms with Gasteiger partial charge in [0.2, 0.25) is 5.91 Å². The number of para-hydroxylation sites is 1. The minimum Gasteiger partial charge on any atom is -0.496 e. The largest absolute Gasteiger partial charge is 0.496 e. The van der Waals surface area contributed by atoms with Gasteiger partial charge in [0.05, 0.1) is 7.11 Å². The molecule has 0 saturated heterocycles. The molecule has 0 aliphatic rings. The van der Waals surface area contributed by atoms with E-state index in [1.54, 1.807) is 21.3 Å². The molecule has 0 fully saturated rings. The van der Waals surface area contributed by atoms with Crippen molar-refractivity contribution in [1.82, 2.24) is 4.90 Å². The maximum atomic E-state index is 5.86. The summed E-state index contributed by atoms with van der Waals surface area (Å²) in [5, 5.41) is 0. The Morgan fingerprint density at radius 2 is 1.60 bits per heavy atom. The second-order valence-electron chi connectivity index (χ2n) is 5.87. The van der Waals surface area contributed by atoms with Crippen LogP contribution in [0.2, 0.25) is 0 Å². The summed E-state index contributed by atoms with van der Waals surface area (Å²) in [6, 6.07) is 15.8. The first-order valence-corrected chi connectivity index (χ1v) is 8.40. The zero-order chi connectivity index (χ0) is 18.3. The molecule has 2 aromatic carbocycles. The summed E-state index contributed by atoms with van der Waals surface area (Å²) < 4.78 is 17.2. The Morgan fingerprint density at radius 1 is 0.960 bits per heavy atom. The fourth-order valence-electron chi connectivity index (χ4n) is 3.00. The molecule has 0 aliphatic carbocycles. The third-order valence-electron chi connectivity index (χ3n) is 4.46. The van der Waals surface area contributed by atoms with Crippen LogP contribution < -0.4 is 10.5 Å². The van der Waals surface area contributed by atoms with Crippen LogP contribution in [0.1, 0.15) is 18.1 Å². The number of nitrogen functional groups attached to an aromatic ring is 1. The van der Waals surface area contributed by atoms with Gasteiger partial charge in [-0.05, 0) is 23.8 Å². The summed E-state index contributed by atoms with van der Waals surface area (Å²) in [5.41, 5.74) is 8.72. The standard InChI is InChI=1S/C20H28N2O3/c1-5-22(15-16-10-12-18(21)13-11-16)20(24-3,25-4)14-17-8-6-7-9-19(17)23-2/h6-13H,5,14-15,21H2,1-4H3. The average Bonchev–Trinajstić information content (AvgIpc) is 2.66. The SMILES string of the molecule is CCN(Cc1ccc(N)cc1)C(Cc1ccccc1OC)(OC)OC. The van der Waals surface area contributed by atoms with Gasteiger partial charge in [-0.3, -0.25) is 0 Å². The van der Waals surface area contributed by atoms with Crippen LogP contribution in [0.25, 0.3) is 0 Å². The quantitative estimate of drug-likeness (QED) is 0.559. The van der Waals surface area contributed by atoms with Gasteiger partial charge in [-0.2, -0.15) is 0 Å². The van der Waals surface area contributed by atoms with Crippen LogP contribution in [0.15, 0.2) is 48.5 Å². The Hall–Kier alpha value is -2.08. The monoisotopic (exact) mass is 344 g/mol. The summed E-state index contributed by atoms with van der Waals surface area (Å²) in [5.74, 6) is -0.0605. The second-order valence-corrected chi connectivity index (χ2v) is 5.87. The molecule has 136 valence electrons. The molecule has 0 heterocycles. The number of hydrogen-bond donors (Lipinski definition) is 1. The number of nitrogens with zero attached hydrogens (tertiary/aromatic N) is 1. The van der Waals surface area contributed by atoms with Gasteiger partial charge in [-0.25, -0.2) is 4.90 Å². The third-order valence-corrected chi connectivity index (χ3v) is 4.46. The van der Waals surface area contributed by atoms with E-state index in [1.165, 1.54) is 0 Å². The third kappa shape index (κ3) is 4.51. The van der Waals surface area contributed by atoms with Crippen molar-refractivity contribution in [3.8, 4) is 5.75 Å². The first-order valence-electron chi connectivity index (χ1n) is 8.40. The highest BCUT2D eigenvalue weighted by atomic mass is 16.7. The van der Waals surface area contributed by atoms with Crippen molar-refractivity contribution in [3.05, 3.63) is 59.7 Å². The summed E-state index contributed by atoms with van der Waals surface area (Å²) in [6.07, 6.45) is 0.548. The smallest absolute Gasteiger partial charge is 0.234 e. The van der Waals surface area contributed by atoms with Crippen molar-refractivity contribution in [3.63, 3.8) is 0 Å². The van der Waals surface area contributed by atoms with Gasteiger partial charge in [0.25, 0.3) is 0 Å². The van der Waals surface area contributed by atoms with Crippen LogP contribution in [0.3, 0.4) is 0 Å². The maximum Gasteiger partial charge on any atom is 0.234 e. The van der Waals surface area contributed by atoms with E-state index in [1.807, 2.05) is 48.5 Å². The Labute approximate surface area is 150 Å². The van der Waals surface area contributed by atoms with E-state index < -0.39 is 5.91 Å². The molecule has 0 unspecified atom stereocenters. The molecular formula is C20H28N2O3. The predicted molar refractivity (Wildman–Crippen MR) is 100 cm³/mol. The summed E-state index contributed by atoms with van der Waals surface area (Å²) in [6.45, 7) is 3.54. The second kappa shape index (κ2) is 8.85. The number of nitrogens with two attached hydrogens (primary N) is 1. The fourth-order valence-corrected chi connectivity index (χ4v) is 3.00. The minimum atomic E-state index is -0.884. The predicted octanol–water partition coefficient (Wildman–Crippen LogP) is 3.29. The number of rotatable bonds is 9. The summed E-state index contributed by atoms with van der Waals surface area (Å²) >= 11 is 0. The van der Waals surface area contributed by atoms with Crippen LogP contribution in [0.5, 0.6) is 5.75 Å². The maximum absolute atomic E-state index is 5.86. The van der Waals surface area contributed by atoms with Gasteiger partial charge in [0.15, 0.2) is 0 Å². The highest BCUT2D eigenvalue weighted by molar-refractivity contribution is 5.39. The number of likely N-dealkylation sites (N-methyl/N-ethyl adjacent to an activating group) is 1. The van der Waals surface area contributed by atoms with E-state index in [2.05, 4.69) is 11.8 Å². The molecule has 0 aromatic heterocycles. The molecule has 0 atom stereocenters. The van der Waals surface area contributed by atoms with Crippen LogP contribution >= 0.6 is 0 Å². The molecule has 2 aromatic rings. The Bertz CT molecular complexity index is 654. The lowest BCUT2D eigenvalue weighted by atomic mass is 10.1. The van der Waals surface area contributed by atoms with E-state index in [-0.39, 0.29) is 0 Å². The molecule has 0 radical (unpaired) electrons. The van der Waals surface area contributed by atoms with E-state index in [0.29, 0.717) is 13.0 Å². The number of benzene rings is 2. The molecule has 0 saturated carbocycles. The Balaban J connectivity index is 2.30. The van der Waals surface area contributed by atoms with Crippen molar-refractivity contribution in [2.24, 2.45) is 0 Å². The molecular weight excluding hydrogens is 316 g/mol. The lowest BCUT2D eigenvalue weighted by molar-refractivity contribution is -0.297. The summed E-state index contributed by atoms with van der Waals surface area (Å²) in [7, 11) is 5.02. The molecule has 2 N–H and O–H groups in total. The minimum absolute atomic E-state index is 0.548. The highest BCUT2D eigenvalue weighted by Gasteiger charge is 2.37. The van der Waals surface area contributed by atoms with E-state index in [0.717, 1.165) is 29.1 Å². The Morgan fingerprint density at radius 3 is 2.16 bits per heavy atom. The van der Waals surface area contributed by atoms with Gasteiger partial charge in [0.1, 0.15) is 5.75 Å². The molecule has 25 heavy (non-hydrogen) atoms. The fraction of sp³-hybridized carbons (Fsp3) is 0.400. The molecule has 0 spiro atoms. The van der Waals surface area contributed by atoms with Crippen molar-refractivity contribution >= 4 is 5.69 Å².